The van der Waals surface area contributed by atoms with Crippen LogP contribution in [0.5, 0.6) is 0 Å². The highest BCUT2D eigenvalue weighted by Crippen LogP contribution is 2.38. The van der Waals surface area contributed by atoms with Crippen LogP contribution in [-0.4, -0.2) is 28.1 Å². The molecule has 2 aromatic rings. The lowest BCUT2D eigenvalue weighted by Gasteiger charge is -2.10. The van der Waals surface area contributed by atoms with Crippen LogP contribution in [0.15, 0.2) is 29.3 Å². The average molecular weight is 269 g/mol. The van der Waals surface area contributed by atoms with Crippen molar-refractivity contribution in [3.8, 4) is 0 Å². The molecule has 1 fully saturated rings. The molecule has 1 aliphatic carbocycles. The van der Waals surface area contributed by atoms with Gasteiger partial charge in [0.1, 0.15) is 5.82 Å². The minimum atomic E-state index is 0.430. The van der Waals surface area contributed by atoms with Crippen LogP contribution in [0, 0.1) is 0 Å². The second-order valence-corrected chi connectivity index (χ2v) is 5.71. The summed E-state index contributed by atoms with van der Waals surface area (Å²) in [5.74, 6) is 2.00. The zero-order chi connectivity index (χ0) is 13.5. The predicted molar refractivity (Wildman–Crippen MR) is 79.7 cm³/mol. The second-order valence-electron chi connectivity index (χ2n) is 5.71. The van der Waals surface area contributed by atoms with Gasteiger partial charge in [-0.05, 0) is 31.9 Å². The number of nitrogens with one attached hydrogen (secondary N) is 2. The molecule has 1 aliphatic heterocycles. The first kappa shape index (κ1) is 11.8. The van der Waals surface area contributed by atoms with Crippen LogP contribution < -0.4 is 10.6 Å². The lowest BCUT2D eigenvalue weighted by atomic mass is 10.3. The van der Waals surface area contributed by atoms with E-state index in [1.54, 1.807) is 0 Å². The third-order valence-corrected chi connectivity index (χ3v) is 3.90. The molecule has 2 N–H and O–H groups in total. The van der Waals surface area contributed by atoms with Crippen LogP contribution in [0.25, 0.3) is 11.0 Å². The number of benzene rings is 1. The van der Waals surface area contributed by atoms with Gasteiger partial charge in [-0.2, -0.15) is 0 Å². The summed E-state index contributed by atoms with van der Waals surface area (Å²) in [7, 11) is 0. The lowest BCUT2D eigenvalue weighted by molar-refractivity contribution is 0.669. The molecule has 0 radical (unpaired) electrons. The van der Waals surface area contributed by atoms with Crippen molar-refractivity contribution in [3.63, 3.8) is 0 Å². The first-order valence-corrected chi connectivity index (χ1v) is 7.32. The highest BCUT2D eigenvalue weighted by Gasteiger charge is 2.28. The van der Waals surface area contributed by atoms with Crippen molar-refractivity contribution in [1.82, 2.24) is 20.2 Å². The molecule has 5 heteroatoms. The second kappa shape index (κ2) is 4.51. The number of guanidine groups is 1. The summed E-state index contributed by atoms with van der Waals surface area (Å²) in [4.78, 5) is 9.20. The van der Waals surface area contributed by atoms with Crippen LogP contribution in [0.1, 0.15) is 31.6 Å². The monoisotopic (exact) mass is 269 g/mol. The highest BCUT2D eigenvalue weighted by molar-refractivity contribution is 5.82. The Morgan fingerprint density at radius 3 is 2.95 bits per heavy atom. The SMILES string of the molecule is CC1CN=C(NCc2nc3ccccc3n2C2CC2)N1. The number of imidazole rings is 1. The summed E-state index contributed by atoms with van der Waals surface area (Å²) in [6.07, 6.45) is 2.53. The van der Waals surface area contributed by atoms with Gasteiger partial charge < -0.3 is 15.2 Å². The van der Waals surface area contributed by atoms with E-state index in [9.17, 15) is 0 Å². The van der Waals surface area contributed by atoms with Gasteiger partial charge in [-0.15, -0.1) is 0 Å². The first-order valence-electron chi connectivity index (χ1n) is 7.32. The third-order valence-electron chi connectivity index (χ3n) is 3.90. The summed E-state index contributed by atoms with van der Waals surface area (Å²) in [6, 6.07) is 9.46. The van der Waals surface area contributed by atoms with Crippen molar-refractivity contribution < 1.29 is 0 Å². The molecule has 104 valence electrons. The van der Waals surface area contributed by atoms with Crippen molar-refractivity contribution in [2.45, 2.75) is 38.4 Å². The number of rotatable bonds is 3. The quantitative estimate of drug-likeness (QED) is 0.893. The van der Waals surface area contributed by atoms with E-state index in [2.05, 4.69) is 45.3 Å². The fraction of sp³-hybridized carbons (Fsp3) is 0.467. The van der Waals surface area contributed by atoms with Gasteiger partial charge in [-0.25, -0.2) is 4.98 Å². The standard InChI is InChI=1S/C15H19N5/c1-10-8-16-15(18-10)17-9-14-19-12-4-2-3-5-13(12)20(14)11-6-7-11/h2-5,10-11H,6-9H2,1H3,(H2,16,17,18). The largest absolute Gasteiger partial charge is 0.352 e. The maximum atomic E-state index is 4.77. The Labute approximate surface area is 118 Å². The van der Waals surface area contributed by atoms with Gasteiger partial charge in [-0.1, -0.05) is 12.1 Å². The van der Waals surface area contributed by atoms with Gasteiger partial charge >= 0.3 is 0 Å². The molecule has 2 aliphatic rings. The van der Waals surface area contributed by atoms with E-state index in [1.807, 2.05) is 6.07 Å². The zero-order valence-electron chi connectivity index (χ0n) is 11.6. The molecule has 0 spiro atoms. The van der Waals surface area contributed by atoms with Crippen molar-refractivity contribution in [3.05, 3.63) is 30.1 Å². The van der Waals surface area contributed by atoms with Crippen molar-refractivity contribution >= 4 is 17.0 Å². The zero-order valence-corrected chi connectivity index (χ0v) is 11.6. The topological polar surface area (TPSA) is 54.2 Å². The summed E-state index contributed by atoms with van der Waals surface area (Å²) in [6.45, 7) is 3.71. The van der Waals surface area contributed by atoms with Crippen LogP contribution in [0.2, 0.25) is 0 Å². The maximum absolute atomic E-state index is 4.77. The van der Waals surface area contributed by atoms with Gasteiger partial charge in [0.15, 0.2) is 5.96 Å². The van der Waals surface area contributed by atoms with Crippen molar-refractivity contribution in [2.24, 2.45) is 4.99 Å². The molecular formula is C15H19N5. The molecule has 1 aromatic heterocycles. The van der Waals surface area contributed by atoms with E-state index in [4.69, 9.17) is 4.98 Å². The minimum Gasteiger partial charge on any atom is -0.352 e. The number of fused-ring (bicyclic) bond motifs is 1. The van der Waals surface area contributed by atoms with Crippen molar-refractivity contribution in [1.29, 1.82) is 0 Å². The fourth-order valence-electron chi connectivity index (χ4n) is 2.78. The van der Waals surface area contributed by atoms with Gasteiger partial charge in [0, 0.05) is 12.1 Å². The van der Waals surface area contributed by atoms with Crippen LogP contribution >= 0.6 is 0 Å². The van der Waals surface area contributed by atoms with Crippen molar-refractivity contribution in [2.75, 3.05) is 6.54 Å². The number of para-hydroxylation sites is 2. The molecule has 1 saturated carbocycles. The molecule has 0 amide bonds. The molecule has 1 unspecified atom stereocenters. The normalized spacial score (nSPS) is 21.9. The third kappa shape index (κ3) is 2.03. The summed E-state index contributed by atoms with van der Waals surface area (Å²) < 4.78 is 2.39. The molecule has 0 saturated heterocycles. The van der Waals surface area contributed by atoms with E-state index >= 15 is 0 Å². The maximum Gasteiger partial charge on any atom is 0.191 e. The molecule has 0 bridgehead atoms. The highest BCUT2D eigenvalue weighted by atomic mass is 15.2. The van der Waals surface area contributed by atoms with E-state index < -0.39 is 0 Å². The molecule has 20 heavy (non-hydrogen) atoms. The average Bonchev–Trinajstić information content (AvgIpc) is 3.09. The van der Waals surface area contributed by atoms with E-state index in [0.717, 1.165) is 30.4 Å². The molecular weight excluding hydrogens is 250 g/mol. The van der Waals surface area contributed by atoms with Gasteiger partial charge in [0.25, 0.3) is 0 Å². The first-order chi connectivity index (χ1) is 9.81. The number of aliphatic imine (C=N–C) groups is 1. The summed E-state index contributed by atoms with van der Waals surface area (Å²) in [5.41, 5.74) is 2.34. The van der Waals surface area contributed by atoms with E-state index in [-0.39, 0.29) is 0 Å². The molecule has 4 rings (SSSR count). The molecule has 1 atom stereocenters. The Kier molecular flexibility index (Phi) is 2.65. The molecule has 2 heterocycles. The molecule has 1 aromatic carbocycles. The van der Waals surface area contributed by atoms with Crippen LogP contribution in [-0.2, 0) is 6.54 Å². The number of hydrogen-bond acceptors (Lipinski definition) is 4. The predicted octanol–water partition coefficient (Wildman–Crippen LogP) is 1.81. The van der Waals surface area contributed by atoms with E-state index in [1.165, 1.54) is 18.4 Å². The van der Waals surface area contributed by atoms with Gasteiger partial charge in [0.05, 0.1) is 24.1 Å². The van der Waals surface area contributed by atoms with Crippen LogP contribution in [0.4, 0.5) is 0 Å². The molecule has 5 nitrogen and oxygen atoms in total. The smallest absolute Gasteiger partial charge is 0.191 e. The Balaban J connectivity index is 1.60. The summed E-state index contributed by atoms with van der Waals surface area (Å²) >= 11 is 0. The number of hydrogen-bond donors (Lipinski definition) is 2. The lowest BCUT2D eigenvalue weighted by Crippen LogP contribution is -2.37. The van der Waals surface area contributed by atoms with Gasteiger partial charge in [0.2, 0.25) is 0 Å². The van der Waals surface area contributed by atoms with Gasteiger partial charge in [-0.3, -0.25) is 4.99 Å². The fourth-order valence-corrected chi connectivity index (χ4v) is 2.78. The van der Waals surface area contributed by atoms with Crippen LogP contribution in [0.3, 0.4) is 0 Å². The number of aromatic nitrogens is 2. The Morgan fingerprint density at radius 2 is 2.20 bits per heavy atom. The Bertz CT molecular complexity index is 668. The Hall–Kier alpha value is -2.04. The minimum absolute atomic E-state index is 0.430. The summed E-state index contributed by atoms with van der Waals surface area (Å²) in [5, 5.41) is 6.69. The number of nitrogens with zero attached hydrogens (tertiary/aromatic N) is 3. The Morgan fingerprint density at radius 1 is 1.35 bits per heavy atom. The van der Waals surface area contributed by atoms with E-state index in [0.29, 0.717) is 12.1 Å².